The molecule has 17 heavy (non-hydrogen) atoms. The molecule has 0 radical (unpaired) electrons. The summed E-state index contributed by atoms with van der Waals surface area (Å²) in [4.78, 5) is 4.37. The van der Waals surface area contributed by atoms with Gasteiger partial charge in [0, 0.05) is 12.0 Å². The van der Waals surface area contributed by atoms with Crippen LogP contribution in [-0.2, 0) is 12.8 Å². The maximum absolute atomic E-state index is 5.24. The average Bonchev–Trinajstić information content (AvgIpc) is 2.80. The molecule has 2 aromatic rings. The number of aryl methyl sites for hydroxylation is 2. The molecule has 90 valence electrons. The summed E-state index contributed by atoms with van der Waals surface area (Å²) in [6.07, 6.45) is 4.19. The van der Waals surface area contributed by atoms with Crippen LogP contribution in [0, 0.1) is 0 Å². The van der Waals surface area contributed by atoms with Crippen molar-refractivity contribution < 1.29 is 4.52 Å². The molecule has 0 N–H and O–H groups in total. The van der Waals surface area contributed by atoms with E-state index in [1.165, 1.54) is 12.0 Å². The second kappa shape index (κ2) is 5.62. The van der Waals surface area contributed by atoms with E-state index in [9.17, 15) is 0 Å². The lowest BCUT2D eigenvalue weighted by Crippen LogP contribution is -1.86. The highest BCUT2D eigenvalue weighted by molar-refractivity contribution is 5.53. The lowest BCUT2D eigenvalue weighted by molar-refractivity contribution is 0.422. The van der Waals surface area contributed by atoms with Gasteiger partial charge in [-0.2, -0.15) is 4.98 Å². The largest absolute Gasteiger partial charge is 0.334 e. The Morgan fingerprint density at radius 1 is 1.00 bits per heavy atom. The number of nitrogens with zero attached hydrogens (tertiary/aromatic N) is 2. The topological polar surface area (TPSA) is 38.9 Å². The van der Waals surface area contributed by atoms with E-state index in [-0.39, 0.29) is 0 Å². The lowest BCUT2D eigenvalue weighted by Gasteiger charge is -1.98. The van der Waals surface area contributed by atoms with Gasteiger partial charge in [0.2, 0.25) is 0 Å². The zero-order valence-electron chi connectivity index (χ0n) is 10.4. The van der Waals surface area contributed by atoms with Crippen molar-refractivity contribution in [3.05, 3.63) is 35.7 Å². The number of rotatable bonds is 5. The van der Waals surface area contributed by atoms with E-state index in [2.05, 4.69) is 36.1 Å². The van der Waals surface area contributed by atoms with Crippen molar-refractivity contribution in [2.75, 3.05) is 0 Å². The molecule has 1 heterocycles. The van der Waals surface area contributed by atoms with Crippen LogP contribution in [0.4, 0.5) is 0 Å². The van der Waals surface area contributed by atoms with Gasteiger partial charge in [-0.1, -0.05) is 37.6 Å². The molecule has 0 bridgehead atoms. The van der Waals surface area contributed by atoms with Crippen LogP contribution in [0.1, 0.15) is 38.1 Å². The molecule has 3 heteroatoms. The molecule has 0 aliphatic heterocycles. The van der Waals surface area contributed by atoms with E-state index in [4.69, 9.17) is 4.52 Å². The van der Waals surface area contributed by atoms with Crippen molar-refractivity contribution in [2.24, 2.45) is 0 Å². The van der Waals surface area contributed by atoms with Crippen molar-refractivity contribution in [3.63, 3.8) is 0 Å². The average molecular weight is 230 g/mol. The van der Waals surface area contributed by atoms with Crippen LogP contribution in [0.3, 0.4) is 0 Å². The Balaban J connectivity index is 2.15. The first kappa shape index (κ1) is 11.8. The molecule has 0 saturated carbocycles. The minimum atomic E-state index is 0.622. The maximum Gasteiger partial charge on any atom is 0.257 e. The second-order valence-corrected chi connectivity index (χ2v) is 4.21. The Morgan fingerprint density at radius 2 is 1.71 bits per heavy atom. The van der Waals surface area contributed by atoms with Crippen LogP contribution < -0.4 is 0 Å². The SMILES string of the molecule is CCCc1ccc(-c2nc(CCC)no2)cc1. The van der Waals surface area contributed by atoms with Gasteiger partial charge in [-0.15, -0.1) is 0 Å². The van der Waals surface area contributed by atoms with Crippen LogP contribution in [0.2, 0.25) is 0 Å². The first-order valence-corrected chi connectivity index (χ1v) is 6.25. The maximum atomic E-state index is 5.24. The highest BCUT2D eigenvalue weighted by atomic mass is 16.5. The van der Waals surface area contributed by atoms with E-state index >= 15 is 0 Å². The first-order chi connectivity index (χ1) is 8.33. The standard InChI is InChI=1S/C14H18N2O/c1-3-5-11-7-9-12(10-8-11)14-15-13(6-4-2)16-17-14/h7-10H,3-6H2,1-2H3. The molecule has 0 saturated heterocycles. The third-order valence-corrected chi connectivity index (χ3v) is 2.68. The Hall–Kier alpha value is -1.64. The van der Waals surface area contributed by atoms with Crippen molar-refractivity contribution in [2.45, 2.75) is 39.5 Å². The van der Waals surface area contributed by atoms with Crippen molar-refractivity contribution in [1.82, 2.24) is 10.1 Å². The number of aromatic nitrogens is 2. The molecule has 2 rings (SSSR count). The molecule has 1 aromatic carbocycles. The van der Waals surface area contributed by atoms with Crippen molar-refractivity contribution in [1.29, 1.82) is 0 Å². The normalized spacial score (nSPS) is 10.7. The molecule has 0 atom stereocenters. The molecule has 3 nitrogen and oxygen atoms in total. The summed E-state index contributed by atoms with van der Waals surface area (Å²) in [5.41, 5.74) is 2.35. The Bertz CT molecular complexity index is 459. The molecule has 0 spiro atoms. The minimum absolute atomic E-state index is 0.622. The van der Waals surface area contributed by atoms with E-state index in [1.807, 2.05) is 12.1 Å². The smallest absolute Gasteiger partial charge is 0.257 e. The predicted molar refractivity (Wildman–Crippen MR) is 67.7 cm³/mol. The fraction of sp³-hybridized carbons (Fsp3) is 0.429. The van der Waals surface area contributed by atoms with E-state index in [1.54, 1.807) is 0 Å². The van der Waals surface area contributed by atoms with Gasteiger partial charge in [-0.3, -0.25) is 0 Å². The summed E-state index contributed by atoms with van der Waals surface area (Å²) in [5.74, 6) is 1.41. The van der Waals surface area contributed by atoms with Gasteiger partial charge in [0.25, 0.3) is 5.89 Å². The molecule has 1 aromatic heterocycles. The third kappa shape index (κ3) is 2.93. The summed E-state index contributed by atoms with van der Waals surface area (Å²) >= 11 is 0. The van der Waals surface area contributed by atoms with Gasteiger partial charge in [0.15, 0.2) is 5.82 Å². The van der Waals surface area contributed by atoms with Gasteiger partial charge in [-0.05, 0) is 30.5 Å². The van der Waals surface area contributed by atoms with Gasteiger partial charge in [0.05, 0.1) is 0 Å². The highest BCUT2D eigenvalue weighted by Gasteiger charge is 2.07. The number of hydrogen-bond acceptors (Lipinski definition) is 3. The zero-order valence-corrected chi connectivity index (χ0v) is 10.4. The van der Waals surface area contributed by atoms with Gasteiger partial charge >= 0.3 is 0 Å². The second-order valence-electron chi connectivity index (χ2n) is 4.21. The third-order valence-electron chi connectivity index (χ3n) is 2.68. The molecule has 0 fully saturated rings. The molecular weight excluding hydrogens is 212 g/mol. The van der Waals surface area contributed by atoms with Crippen LogP contribution >= 0.6 is 0 Å². The fourth-order valence-electron chi connectivity index (χ4n) is 1.80. The van der Waals surface area contributed by atoms with E-state index < -0.39 is 0 Å². The zero-order chi connectivity index (χ0) is 12.1. The minimum Gasteiger partial charge on any atom is -0.334 e. The van der Waals surface area contributed by atoms with Gasteiger partial charge in [0.1, 0.15) is 0 Å². The molecule has 0 unspecified atom stereocenters. The van der Waals surface area contributed by atoms with Crippen LogP contribution in [0.25, 0.3) is 11.5 Å². The number of hydrogen-bond donors (Lipinski definition) is 0. The Kier molecular flexibility index (Phi) is 3.91. The lowest BCUT2D eigenvalue weighted by atomic mass is 10.1. The summed E-state index contributed by atoms with van der Waals surface area (Å²) in [7, 11) is 0. The molecular formula is C14H18N2O. The highest BCUT2D eigenvalue weighted by Crippen LogP contribution is 2.18. The fourth-order valence-corrected chi connectivity index (χ4v) is 1.80. The first-order valence-electron chi connectivity index (χ1n) is 6.25. The van der Waals surface area contributed by atoms with Gasteiger partial charge in [-0.25, -0.2) is 0 Å². The Labute approximate surface area is 102 Å². The summed E-state index contributed by atoms with van der Waals surface area (Å²) in [5, 5.41) is 3.95. The monoisotopic (exact) mass is 230 g/mol. The Morgan fingerprint density at radius 3 is 2.35 bits per heavy atom. The summed E-state index contributed by atoms with van der Waals surface area (Å²) < 4.78 is 5.24. The van der Waals surface area contributed by atoms with Crippen LogP contribution in [0.15, 0.2) is 28.8 Å². The van der Waals surface area contributed by atoms with Crippen molar-refractivity contribution in [3.8, 4) is 11.5 Å². The molecule has 0 aliphatic rings. The predicted octanol–water partition coefficient (Wildman–Crippen LogP) is 3.64. The van der Waals surface area contributed by atoms with Crippen molar-refractivity contribution >= 4 is 0 Å². The quantitative estimate of drug-likeness (QED) is 0.787. The summed E-state index contributed by atoms with van der Waals surface area (Å²) in [6, 6.07) is 8.35. The molecule has 0 aliphatic carbocycles. The van der Waals surface area contributed by atoms with Crippen LogP contribution in [-0.4, -0.2) is 10.1 Å². The summed E-state index contributed by atoms with van der Waals surface area (Å²) in [6.45, 7) is 4.29. The van der Waals surface area contributed by atoms with Gasteiger partial charge < -0.3 is 4.52 Å². The molecule has 0 amide bonds. The van der Waals surface area contributed by atoms with E-state index in [0.29, 0.717) is 5.89 Å². The van der Waals surface area contributed by atoms with E-state index in [0.717, 1.165) is 30.7 Å². The van der Waals surface area contributed by atoms with Crippen LogP contribution in [0.5, 0.6) is 0 Å². The number of benzene rings is 1.